The normalized spacial score (nSPS) is 18.7. The predicted molar refractivity (Wildman–Crippen MR) is 264 cm³/mol. The molecule has 2 aromatic heterocycles. The van der Waals surface area contributed by atoms with Crippen LogP contribution >= 0.6 is 0 Å². The van der Waals surface area contributed by atoms with Crippen molar-refractivity contribution in [2.75, 3.05) is 0 Å². The van der Waals surface area contributed by atoms with Crippen LogP contribution in [0.4, 0.5) is 11.6 Å². The second kappa shape index (κ2) is 15.6. The van der Waals surface area contributed by atoms with Crippen LogP contribution in [0.15, 0.2) is 103 Å². The van der Waals surface area contributed by atoms with Gasteiger partial charge in [-0.3, -0.25) is 8.47 Å². The van der Waals surface area contributed by atoms with Crippen molar-refractivity contribution < 1.29 is 24.6 Å². The van der Waals surface area contributed by atoms with Crippen molar-refractivity contribution in [2.24, 2.45) is 30.0 Å². The van der Waals surface area contributed by atoms with Crippen LogP contribution in [-0.4, -0.2) is 90.3 Å². The molecule has 16 nitrogen and oxygen atoms in total. The van der Waals surface area contributed by atoms with Crippen LogP contribution in [0, 0.1) is 27.7 Å². The molecule has 10 rings (SSSR count). The van der Waals surface area contributed by atoms with Gasteiger partial charge in [0.15, 0.2) is 23.3 Å². The lowest BCUT2D eigenvalue weighted by atomic mass is 10.0. The summed E-state index contributed by atoms with van der Waals surface area (Å²) < 4.78 is 82.4. The Morgan fingerprint density at radius 1 is 0.433 bits per heavy atom. The Hall–Kier alpha value is -5.80. The summed E-state index contributed by atoms with van der Waals surface area (Å²) in [6, 6.07) is 20.5. The average molecular weight is 957 g/mol. The van der Waals surface area contributed by atoms with E-state index in [1.54, 1.807) is 55.4 Å². The van der Waals surface area contributed by atoms with Gasteiger partial charge in [-0.2, -0.15) is 25.4 Å². The van der Waals surface area contributed by atoms with Gasteiger partial charge in [-0.05, 0) is 107 Å². The van der Waals surface area contributed by atoms with E-state index in [1.165, 1.54) is 17.1 Å². The zero-order chi connectivity index (χ0) is 47.8. The predicted octanol–water partition coefficient (Wildman–Crippen LogP) is 7.37. The second-order valence-corrected chi connectivity index (χ2v) is 24.7. The molecule has 0 radical (unpaired) electrons. The number of aliphatic imine (C=N–C) groups is 4. The molecule has 346 valence electrons. The fourth-order valence-electron chi connectivity index (χ4n) is 9.84. The molecule has 4 aromatic carbocycles. The number of fused-ring (bicyclic) bond motifs is 14. The lowest BCUT2D eigenvalue weighted by Crippen LogP contribution is -2.67. The van der Waals surface area contributed by atoms with Crippen LogP contribution < -0.4 is 11.0 Å². The number of aromatic nitrogens is 2. The van der Waals surface area contributed by atoms with E-state index >= 15 is 16.8 Å². The molecule has 0 spiro atoms. The molecule has 6 aromatic rings. The summed E-state index contributed by atoms with van der Waals surface area (Å²) in [5, 5.41) is 2.01. The van der Waals surface area contributed by atoms with Gasteiger partial charge in [-0.1, -0.05) is 70.8 Å². The van der Waals surface area contributed by atoms with E-state index in [-0.39, 0.29) is 46.0 Å². The molecule has 0 fully saturated rings. The van der Waals surface area contributed by atoms with Crippen LogP contribution in [-0.2, 0) is 28.4 Å². The molecule has 0 saturated heterocycles. The van der Waals surface area contributed by atoms with Crippen molar-refractivity contribution in [1.82, 2.24) is 17.1 Å². The van der Waals surface area contributed by atoms with E-state index in [2.05, 4.69) is 0 Å². The van der Waals surface area contributed by atoms with Gasteiger partial charge in [0.05, 0.1) is 0 Å². The topological polar surface area (TPSA) is 177 Å². The van der Waals surface area contributed by atoms with Crippen molar-refractivity contribution in [3.05, 3.63) is 128 Å². The molecule has 6 bridgehead atoms. The molecule has 0 unspecified atom stereocenters. The summed E-state index contributed by atoms with van der Waals surface area (Å²) in [6.07, 6.45) is 0. The maximum Gasteiger partial charge on any atom is 0.634 e. The van der Waals surface area contributed by atoms with E-state index in [4.69, 9.17) is 37.7 Å². The number of hydrogen-bond donors (Lipinski definition) is 0. The van der Waals surface area contributed by atoms with Crippen molar-refractivity contribution in [3.63, 3.8) is 0 Å². The van der Waals surface area contributed by atoms with Gasteiger partial charge in [0.1, 0.15) is 22.6 Å². The van der Waals surface area contributed by atoms with Crippen LogP contribution in [0.5, 0.6) is 0 Å². The molecule has 0 N–H and O–H groups in total. The van der Waals surface area contributed by atoms with Gasteiger partial charge in [-0.25, -0.2) is 37.7 Å². The summed E-state index contributed by atoms with van der Waals surface area (Å²) in [6.45, 7) is 21.7. The van der Waals surface area contributed by atoms with Gasteiger partial charge >= 0.3 is 29.5 Å². The first-order valence-electron chi connectivity index (χ1n) is 22.4. The maximum absolute atomic E-state index is 15.8. The molecule has 0 aliphatic carbocycles. The summed E-state index contributed by atoms with van der Waals surface area (Å²) >= 11 is 0. The molecule has 0 amide bonds. The summed E-state index contributed by atoms with van der Waals surface area (Å²) in [7, 11) is -15.8. The highest BCUT2D eigenvalue weighted by Crippen LogP contribution is 2.45. The SMILES string of the molecule is Cc1ccc2c(c1)C1=NC/2=N\c2c3cc(C)ccc3c3n2[Si](OS(=O)(=O)N(C(C)C)C(C)C)(OS(=O)(=O)N(C(C)C)C(C)C)n2/c(c4ccc(C)cc4/c2=N/C2=NC(=N\3)/c3cc(C)ccc32)=N\1. The summed E-state index contributed by atoms with van der Waals surface area (Å²) in [4.78, 5) is 31.7. The fraction of sp³-hybridized carbons (Fsp3) is 0.333. The number of nitrogens with zero attached hydrogens (tertiary/aromatic N) is 10. The highest BCUT2D eigenvalue weighted by molar-refractivity contribution is 7.87. The van der Waals surface area contributed by atoms with Gasteiger partial charge in [0, 0.05) is 68.0 Å². The average Bonchev–Trinajstić information content (AvgIpc) is 3.91. The number of hydrogen-bond acceptors (Lipinski definition) is 12. The van der Waals surface area contributed by atoms with Crippen LogP contribution in [0.2, 0.25) is 0 Å². The van der Waals surface area contributed by atoms with Crippen molar-refractivity contribution in [1.29, 1.82) is 0 Å². The number of rotatable bonds is 10. The highest BCUT2D eigenvalue weighted by Gasteiger charge is 2.61. The van der Waals surface area contributed by atoms with Crippen molar-refractivity contribution in [2.45, 2.75) is 107 Å². The minimum absolute atomic E-state index is 0.0970. The molecule has 4 aliphatic rings. The monoisotopic (exact) mass is 956 g/mol. The number of aryl methyl sites for hydroxylation is 4. The quantitative estimate of drug-likeness (QED) is 0.130. The third-order valence-corrected chi connectivity index (χ3v) is 20.4. The van der Waals surface area contributed by atoms with Gasteiger partial charge in [0.25, 0.3) is 0 Å². The van der Waals surface area contributed by atoms with Gasteiger partial charge in [0.2, 0.25) is 0 Å². The van der Waals surface area contributed by atoms with E-state index in [9.17, 15) is 0 Å². The lowest BCUT2D eigenvalue weighted by Gasteiger charge is -2.38. The Kier molecular flexibility index (Phi) is 10.5. The zero-order valence-corrected chi connectivity index (χ0v) is 42.1. The third kappa shape index (κ3) is 7.04. The summed E-state index contributed by atoms with van der Waals surface area (Å²) in [5.41, 5.74) is 6.45. The first-order chi connectivity index (χ1) is 31.6. The largest absolute Gasteiger partial charge is 0.634 e. The standard InChI is InChI=1S/C48H52N10O6S2Si/c1-25(2)55(26(3)4)65(59,60)63-67(64-66(61,62)56(27(5)6)28(7)8)57-45-35-19-15-31(11)23-39(35)48(57)52-42-34-18-14-30(10)22-38(34)44(50-42)54-46-36-20-16-32(12)24-40(36)47(58(46)67)51-41-33-17-13-29(9)21-37(33)43(49-41)53-45/h13-28H,1-12H3/b51-41-,51-47?,52-42?,52-48-,53-43?,53-45-,54-44-,54-46?. The molecule has 19 heteroatoms. The maximum atomic E-state index is 15.8. The molecule has 0 atom stereocenters. The van der Waals surface area contributed by atoms with Crippen LogP contribution in [0.1, 0.15) is 99.9 Å². The Morgan fingerprint density at radius 2 is 0.806 bits per heavy atom. The Morgan fingerprint density at radius 3 is 1.30 bits per heavy atom. The van der Waals surface area contributed by atoms with Crippen LogP contribution in [0.25, 0.3) is 21.5 Å². The Balaban J connectivity index is 1.55. The fourth-order valence-corrected chi connectivity index (χ4v) is 18.3. The molecule has 0 saturated carbocycles. The Labute approximate surface area is 391 Å². The van der Waals surface area contributed by atoms with Crippen molar-refractivity contribution in [3.8, 4) is 0 Å². The van der Waals surface area contributed by atoms with E-state index in [0.29, 0.717) is 43.8 Å². The number of amidine groups is 4. The zero-order valence-electron chi connectivity index (χ0n) is 39.5. The second-order valence-electron chi connectivity index (χ2n) is 18.8. The lowest BCUT2D eigenvalue weighted by molar-refractivity contribution is 0.234. The number of benzene rings is 4. The van der Waals surface area contributed by atoms with E-state index < -0.39 is 53.7 Å². The highest BCUT2D eigenvalue weighted by atomic mass is 32.2. The Bertz CT molecular complexity index is 3590. The molecule has 67 heavy (non-hydrogen) atoms. The smallest absolute Gasteiger partial charge is 0.271 e. The van der Waals surface area contributed by atoms with E-state index in [1.807, 2.05) is 100 Å². The first-order valence-corrected chi connectivity index (χ1v) is 26.8. The summed E-state index contributed by atoms with van der Waals surface area (Å²) in [5.74, 6) is 1.26. The van der Waals surface area contributed by atoms with Crippen LogP contribution in [0.3, 0.4) is 0 Å². The van der Waals surface area contributed by atoms with Crippen molar-refractivity contribution >= 4 is 86.0 Å². The van der Waals surface area contributed by atoms with Gasteiger partial charge < -0.3 is 0 Å². The molecule has 6 heterocycles. The molecular formula is C48H52N10O6S2Si. The molecular weight excluding hydrogens is 905 g/mol. The first kappa shape index (κ1) is 45.0. The minimum atomic E-state index is -5.78. The molecule has 4 aliphatic heterocycles. The van der Waals surface area contributed by atoms with E-state index in [0.717, 1.165) is 22.3 Å². The van der Waals surface area contributed by atoms with Gasteiger partial charge in [-0.15, -0.1) is 0 Å². The third-order valence-electron chi connectivity index (χ3n) is 12.3. The minimum Gasteiger partial charge on any atom is -0.271 e.